The van der Waals surface area contributed by atoms with Crippen molar-refractivity contribution >= 4 is 23.2 Å². The minimum absolute atomic E-state index is 0.0893. The number of halogens is 1. The maximum absolute atomic E-state index is 12.9. The van der Waals surface area contributed by atoms with Gasteiger partial charge in [0.05, 0.1) is 5.69 Å². The zero-order valence-corrected chi connectivity index (χ0v) is 17.7. The highest BCUT2D eigenvalue weighted by atomic mass is 35.5. The molecule has 0 saturated carbocycles. The van der Waals surface area contributed by atoms with Gasteiger partial charge < -0.3 is 5.32 Å². The molecule has 0 spiro atoms. The minimum Gasteiger partial charge on any atom is -0.319 e. The first-order valence-electron chi connectivity index (χ1n) is 9.59. The van der Waals surface area contributed by atoms with E-state index in [9.17, 15) is 4.79 Å². The van der Waals surface area contributed by atoms with E-state index >= 15 is 0 Å². The second kappa shape index (κ2) is 8.13. The number of carbonyl (C=O) groups is 1. The Morgan fingerprint density at radius 3 is 2.43 bits per heavy atom. The van der Waals surface area contributed by atoms with Crippen LogP contribution in [0.3, 0.4) is 0 Å². The average Bonchev–Trinajstić information content (AvgIpc) is 3.17. The Morgan fingerprint density at radius 1 is 0.933 bits per heavy atom. The Bertz CT molecular complexity index is 1230. The Labute approximate surface area is 180 Å². The van der Waals surface area contributed by atoms with Crippen LogP contribution in [-0.2, 0) is 0 Å². The van der Waals surface area contributed by atoms with Gasteiger partial charge in [-0.15, -0.1) is 5.10 Å². The molecule has 3 aromatic carbocycles. The quantitative estimate of drug-likeness (QED) is 0.459. The van der Waals surface area contributed by atoms with E-state index in [1.165, 1.54) is 0 Å². The van der Waals surface area contributed by atoms with Crippen LogP contribution in [0.1, 0.15) is 27.3 Å². The second-order valence-corrected chi connectivity index (χ2v) is 7.73. The van der Waals surface area contributed by atoms with Crippen molar-refractivity contribution in [2.24, 2.45) is 0 Å². The van der Waals surface area contributed by atoms with Crippen LogP contribution in [0.25, 0.3) is 17.1 Å². The molecule has 5 nitrogen and oxygen atoms in total. The molecule has 0 fully saturated rings. The van der Waals surface area contributed by atoms with Crippen LogP contribution in [0.2, 0.25) is 5.02 Å². The van der Waals surface area contributed by atoms with Crippen molar-refractivity contribution in [3.63, 3.8) is 0 Å². The highest BCUT2D eigenvalue weighted by molar-refractivity contribution is 6.31. The Balaban J connectivity index is 1.77. The number of nitrogens with one attached hydrogen (secondary N) is 1. The van der Waals surface area contributed by atoms with Gasteiger partial charge in [0.2, 0.25) is 5.82 Å². The first kappa shape index (κ1) is 19.9. The molecule has 0 aliphatic heterocycles. The van der Waals surface area contributed by atoms with Crippen molar-refractivity contribution in [1.29, 1.82) is 0 Å². The average molecular weight is 417 g/mol. The zero-order chi connectivity index (χ0) is 21.3. The monoisotopic (exact) mass is 416 g/mol. The molecule has 30 heavy (non-hydrogen) atoms. The van der Waals surface area contributed by atoms with Gasteiger partial charge in [-0.3, -0.25) is 4.79 Å². The van der Waals surface area contributed by atoms with Crippen molar-refractivity contribution in [1.82, 2.24) is 14.8 Å². The zero-order valence-electron chi connectivity index (χ0n) is 17.0. The molecule has 1 amide bonds. The van der Waals surface area contributed by atoms with E-state index in [0.29, 0.717) is 16.5 Å². The molecule has 0 aliphatic rings. The molecule has 150 valence electrons. The fraction of sp³-hybridized carbons (Fsp3) is 0.125. The van der Waals surface area contributed by atoms with Gasteiger partial charge in [-0.2, -0.15) is 0 Å². The van der Waals surface area contributed by atoms with E-state index in [-0.39, 0.29) is 11.7 Å². The van der Waals surface area contributed by atoms with Crippen LogP contribution in [0.5, 0.6) is 0 Å². The Hall–Kier alpha value is -3.44. The summed E-state index contributed by atoms with van der Waals surface area (Å²) in [7, 11) is 0. The molecule has 0 bridgehead atoms. The number of amides is 1. The van der Waals surface area contributed by atoms with Gasteiger partial charge in [-0.1, -0.05) is 59.6 Å². The van der Waals surface area contributed by atoms with Gasteiger partial charge in [0.25, 0.3) is 5.91 Å². The molecule has 4 rings (SSSR count). The predicted molar refractivity (Wildman–Crippen MR) is 120 cm³/mol. The summed E-state index contributed by atoms with van der Waals surface area (Å²) >= 11 is 6.08. The lowest BCUT2D eigenvalue weighted by atomic mass is 10.1. The van der Waals surface area contributed by atoms with Gasteiger partial charge in [0.15, 0.2) is 5.82 Å². The van der Waals surface area contributed by atoms with Crippen LogP contribution in [0.4, 0.5) is 5.69 Å². The third-order valence-electron chi connectivity index (χ3n) is 4.81. The van der Waals surface area contributed by atoms with Gasteiger partial charge >= 0.3 is 0 Å². The number of aryl methyl sites for hydroxylation is 3. The minimum atomic E-state index is -0.389. The van der Waals surface area contributed by atoms with E-state index in [4.69, 9.17) is 11.6 Å². The maximum Gasteiger partial charge on any atom is 0.295 e. The lowest BCUT2D eigenvalue weighted by Crippen LogP contribution is -2.15. The van der Waals surface area contributed by atoms with Crippen LogP contribution >= 0.6 is 11.6 Å². The molecule has 6 heteroatoms. The Kier molecular flexibility index (Phi) is 5.38. The van der Waals surface area contributed by atoms with Gasteiger partial charge in [0.1, 0.15) is 0 Å². The van der Waals surface area contributed by atoms with Crippen LogP contribution < -0.4 is 5.32 Å². The summed E-state index contributed by atoms with van der Waals surface area (Å²) in [5, 5.41) is 7.95. The first-order valence-corrected chi connectivity index (χ1v) is 9.97. The Morgan fingerprint density at radius 2 is 1.70 bits per heavy atom. The standard InChI is InChI=1S/C24H21ClN4O/c1-15-7-10-18(11-8-15)23-27-22(28-29(23)20-6-4-5-16(2)13-20)24(30)26-21-14-19(25)12-9-17(21)3/h4-14H,1-3H3,(H,26,30). The number of aromatic nitrogens is 3. The summed E-state index contributed by atoms with van der Waals surface area (Å²) in [6.45, 7) is 5.95. The molecule has 0 unspecified atom stereocenters. The predicted octanol–water partition coefficient (Wildman–Crippen LogP) is 5.77. The third kappa shape index (κ3) is 4.11. The number of hydrogen-bond acceptors (Lipinski definition) is 3. The molecular formula is C24H21ClN4O. The summed E-state index contributed by atoms with van der Waals surface area (Å²) in [6.07, 6.45) is 0. The number of anilines is 1. The highest BCUT2D eigenvalue weighted by Crippen LogP contribution is 2.24. The summed E-state index contributed by atoms with van der Waals surface area (Å²) in [6, 6.07) is 21.3. The van der Waals surface area contributed by atoms with E-state index in [1.807, 2.05) is 75.4 Å². The van der Waals surface area contributed by atoms with E-state index < -0.39 is 0 Å². The topological polar surface area (TPSA) is 59.8 Å². The fourth-order valence-electron chi connectivity index (χ4n) is 3.14. The number of rotatable bonds is 4. The molecule has 0 saturated heterocycles. The van der Waals surface area contributed by atoms with E-state index in [0.717, 1.165) is 27.9 Å². The van der Waals surface area contributed by atoms with Crippen molar-refractivity contribution in [2.45, 2.75) is 20.8 Å². The van der Waals surface area contributed by atoms with Crippen molar-refractivity contribution in [3.8, 4) is 17.1 Å². The SMILES string of the molecule is Cc1ccc(-c2nc(C(=O)Nc3cc(Cl)ccc3C)nn2-c2cccc(C)c2)cc1. The smallest absolute Gasteiger partial charge is 0.295 e. The van der Waals surface area contributed by atoms with Crippen molar-refractivity contribution in [3.05, 3.63) is 94.3 Å². The number of hydrogen-bond donors (Lipinski definition) is 1. The highest BCUT2D eigenvalue weighted by Gasteiger charge is 2.19. The van der Waals surface area contributed by atoms with Gasteiger partial charge in [-0.25, -0.2) is 9.67 Å². The normalized spacial score (nSPS) is 10.8. The largest absolute Gasteiger partial charge is 0.319 e. The maximum atomic E-state index is 12.9. The van der Waals surface area contributed by atoms with E-state index in [2.05, 4.69) is 15.4 Å². The summed E-state index contributed by atoms with van der Waals surface area (Å²) in [5.41, 5.74) is 5.51. The lowest BCUT2D eigenvalue weighted by molar-refractivity contribution is 0.101. The van der Waals surface area contributed by atoms with Crippen LogP contribution in [0.15, 0.2) is 66.7 Å². The molecule has 0 aliphatic carbocycles. The van der Waals surface area contributed by atoms with Crippen molar-refractivity contribution < 1.29 is 4.79 Å². The molecular weight excluding hydrogens is 396 g/mol. The number of carbonyl (C=O) groups excluding carboxylic acids is 1. The molecule has 0 atom stereocenters. The first-order chi connectivity index (χ1) is 14.4. The number of nitrogens with zero attached hydrogens (tertiary/aromatic N) is 3. The van der Waals surface area contributed by atoms with Gasteiger partial charge in [0, 0.05) is 16.3 Å². The summed E-state index contributed by atoms with van der Waals surface area (Å²) in [5.74, 6) is 0.306. The molecule has 4 aromatic rings. The third-order valence-corrected chi connectivity index (χ3v) is 5.05. The van der Waals surface area contributed by atoms with Crippen LogP contribution in [-0.4, -0.2) is 20.7 Å². The molecule has 1 N–H and O–H groups in total. The van der Waals surface area contributed by atoms with Crippen molar-refractivity contribution in [2.75, 3.05) is 5.32 Å². The van der Waals surface area contributed by atoms with Crippen LogP contribution in [0, 0.1) is 20.8 Å². The lowest BCUT2D eigenvalue weighted by Gasteiger charge is -2.07. The molecule has 1 heterocycles. The summed E-state index contributed by atoms with van der Waals surface area (Å²) < 4.78 is 1.71. The molecule has 0 radical (unpaired) electrons. The summed E-state index contributed by atoms with van der Waals surface area (Å²) in [4.78, 5) is 17.5. The fourth-order valence-corrected chi connectivity index (χ4v) is 3.32. The van der Waals surface area contributed by atoms with E-state index in [1.54, 1.807) is 16.8 Å². The molecule has 1 aromatic heterocycles. The number of benzene rings is 3. The second-order valence-electron chi connectivity index (χ2n) is 7.29. The van der Waals surface area contributed by atoms with Gasteiger partial charge in [-0.05, 0) is 56.2 Å².